The van der Waals surface area contributed by atoms with Crippen LogP contribution >= 0.6 is 15.9 Å². The van der Waals surface area contributed by atoms with E-state index in [4.69, 9.17) is 0 Å². The maximum atomic E-state index is 11.8. The van der Waals surface area contributed by atoms with E-state index in [2.05, 4.69) is 36.7 Å². The zero-order valence-electron chi connectivity index (χ0n) is 9.55. The summed E-state index contributed by atoms with van der Waals surface area (Å²) in [7, 11) is 0. The zero-order chi connectivity index (χ0) is 11.0. The molecule has 0 aromatic rings. The van der Waals surface area contributed by atoms with E-state index >= 15 is 0 Å². The number of hydrogen-bond donors (Lipinski definition) is 0. The van der Waals surface area contributed by atoms with Gasteiger partial charge in [0.2, 0.25) is 5.91 Å². The summed E-state index contributed by atoms with van der Waals surface area (Å²) in [6, 6.07) is 0. The number of amides is 1. The molecule has 0 atom stereocenters. The lowest BCUT2D eigenvalue weighted by molar-refractivity contribution is -0.131. The van der Waals surface area contributed by atoms with Crippen molar-refractivity contribution in [1.29, 1.82) is 0 Å². The van der Waals surface area contributed by atoms with Crippen LogP contribution in [-0.2, 0) is 4.79 Å². The summed E-state index contributed by atoms with van der Waals surface area (Å²) in [6.07, 6.45) is 2.93. The Morgan fingerprint density at radius 3 is 2.43 bits per heavy atom. The van der Waals surface area contributed by atoms with Crippen LogP contribution < -0.4 is 0 Å². The molecule has 0 N–H and O–H groups in total. The van der Waals surface area contributed by atoms with E-state index in [0.29, 0.717) is 18.2 Å². The summed E-state index contributed by atoms with van der Waals surface area (Å²) in [5.74, 6) is 0.759. The standard InChI is InChI=1S/C11H22BrNO/c1-4-5-7-13(8-6-12)11(14)9-10(2)3/h10H,4-9H2,1-3H3. The first kappa shape index (κ1) is 13.9. The van der Waals surface area contributed by atoms with Crippen molar-refractivity contribution in [3.8, 4) is 0 Å². The molecular formula is C11H22BrNO. The average Bonchev–Trinajstić information content (AvgIpc) is 2.10. The van der Waals surface area contributed by atoms with Gasteiger partial charge in [-0.3, -0.25) is 4.79 Å². The van der Waals surface area contributed by atoms with E-state index in [0.717, 1.165) is 31.3 Å². The van der Waals surface area contributed by atoms with Gasteiger partial charge >= 0.3 is 0 Å². The van der Waals surface area contributed by atoms with Gasteiger partial charge in [0.15, 0.2) is 0 Å². The van der Waals surface area contributed by atoms with Gasteiger partial charge in [0.1, 0.15) is 0 Å². The molecule has 3 heteroatoms. The molecule has 84 valence electrons. The molecule has 0 spiro atoms. The molecule has 0 radical (unpaired) electrons. The summed E-state index contributed by atoms with van der Waals surface area (Å²) >= 11 is 3.38. The van der Waals surface area contributed by atoms with E-state index in [1.54, 1.807) is 0 Å². The molecule has 0 fully saturated rings. The molecule has 0 unspecified atom stereocenters. The number of carbonyl (C=O) groups excluding carboxylic acids is 1. The van der Waals surface area contributed by atoms with Crippen molar-refractivity contribution >= 4 is 21.8 Å². The third-order valence-electron chi connectivity index (χ3n) is 2.07. The number of hydrogen-bond acceptors (Lipinski definition) is 1. The number of unbranched alkanes of at least 4 members (excludes halogenated alkanes) is 1. The summed E-state index contributed by atoms with van der Waals surface area (Å²) in [5, 5.41) is 0.876. The number of alkyl halides is 1. The van der Waals surface area contributed by atoms with Gasteiger partial charge in [-0.15, -0.1) is 0 Å². The minimum absolute atomic E-state index is 0.299. The molecule has 0 aliphatic heterocycles. The Morgan fingerprint density at radius 1 is 1.36 bits per heavy atom. The fourth-order valence-corrected chi connectivity index (χ4v) is 1.72. The first-order valence-electron chi connectivity index (χ1n) is 5.45. The highest BCUT2D eigenvalue weighted by Crippen LogP contribution is 2.06. The van der Waals surface area contributed by atoms with Crippen LogP contribution in [0.1, 0.15) is 40.0 Å². The molecule has 0 rings (SSSR count). The molecule has 0 saturated carbocycles. The van der Waals surface area contributed by atoms with E-state index < -0.39 is 0 Å². The number of carbonyl (C=O) groups is 1. The maximum Gasteiger partial charge on any atom is 0.222 e. The topological polar surface area (TPSA) is 20.3 Å². The van der Waals surface area contributed by atoms with Crippen molar-refractivity contribution in [2.24, 2.45) is 5.92 Å². The number of rotatable bonds is 7. The normalized spacial score (nSPS) is 10.6. The molecule has 0 heterocycles. The first-order chi connectivity index (χ1) is 6.61. The van der Waals surface area contributed by atoms with Crippen molar-refractivity contribution in [3.05, 3.63) is 0 Å². The maximum absolute atomic E-state index is 11.8. The molecule has 14 heavy (non-hydrogen) atoms. The first-order valence-corrected chi connectivity index (χ1v) is 6.57. The second kappa shape index (κ2) is 8.27. The molecule has 0 aromatic carbocycles. The third kappa shape index (κ3) is 6.41. The van der Waals surface area contributed by atoms with Crippen LogP contribution in [0.2, 0.25) is 0 Å². The van der Waals surface area contributed by atoms with Crippen LogP contribution in [0.3, 0.4) is 0 Å². The highest BCUT2D eigenvalue weighted by atomic mass is 79.9. The van der Waals surface area contributed by atoms with Crippen molar-refractivity contribution in [1.82, 2.24) is 4.90 Å². The monoisotopic (exact) mass is 263 g/mol. The van der Waals surface area contributed by atoms with Crippen LogP contribution in [0.25, 0.3) is 0 Å². The van der Waals surface area contributed by atoms with Crippen molar-refractivity contribution in [2.75, 3.05) is 18.4 Å². The van der Waals surface area contributed by atoms with Crippen molar-refractivity contribution in [2.45, 2.75) is 40.0 Å². The summed E-state index contributed by atoms with van der Waals surface area (Å²) in [4.78, 5) is 13.7. The lowest BCUT2D eigenvalue weighted by Crippen LogP contribution is -2.34. The van der Waals surface area contributed by atoms with Crippen LogP contribution in [0.5, 0.6) is 0 Å². The molecule has 1 amide bonds. The molecule has 2 nitrogen and oxygen atoms in total. The lowest BCUT2D eigenvalue weighted by Gasteiger charge is -2.22. The molecule has 0 aliphatic rings. The van der Waals surface area contributed by atoms with Gasteiger partial charge in [0.25, 0.3) is 0 Å². The highest BCUT2D eigenvalue weighted by Gasteiger charge is 2.13. The Morgan fingerprint density at radius 2 is 2.00 bits per heavy atom. The van der Waals surface area contributed by atoms with Gasteiger partial charge in [-0.05, 0) is 12.3 Å². The van der Waals surface area contributed by atoms with Crippen LogP contribution in [0.4, 0.5) is 0 Å². The van der Waals surface area contributed by atoms with Crippen LogP contribution in [-0.4, -0.2) is 29.2 Å². The summed E-state index contributed by atoms with van der Waals surface area (Å²) in [6.45, 7) is 8.08. The Labute approximate surface area is 96.2 Å². The Bertz CT molecular complexity index is 159. The van der Waals surface area contributed by atoms with Gasteiger partial charge < -0.3 is 4.90 Å². The van der Waals surface area contributed by atoms with Gasteiger partial charge in [-0.1, -0.05) is 43.1 Å². The summed E-state index contributed by atoms with van der Waals surface area (Å²) in [5.41, 5.74) is 0. The SMILES string of the molecule is CCCCN(CCBr)C(=O)CC(C)C. The molecule has 0 saturated heterocycles. The largest absolute Gasteiger partial charge is 0.342 e. The smallest absolute Gasteiger partial charge is 0.222 e. The van der Waals surface area contributed by atoms with Gasteiger partial charge in [0, 0.05) is 24.8 Å². The second-order valence-corrected chi connectivity index (χ2v) is 4.81. The number of nitrogens with zero attached hydrogens (tertiary/aromatic N) is 1. The van der Waals surface area contributed by atoms with Crippen LogP contribution in [0, 0.1) is 5.92 Å². The van der Waals surface area contributed by atoms with Crippen molar-refractivity contribution in [3.63, 3.8) is 0 Å². The molecule has 0 aromatic heterocycles. The molecule has 0 aliphatic carbocycles. The van der Waals surface area contributed by atoms with E-state index in [9.17, 15) is 4.79 Å². The van der Waals surface area contributed by atoms with Gasteiger partial charge in [-0.25, -0.2) is 0 Å². The van der Waals surface area contributed by atoms with Crippen molar-refractivity contribution < 1.29 is 4.79 Å². The number of halogens is 1. The van der Waals surface area contributed by atoms with Gasteiger partial charge in [0.05, 0.1) is 0 Å². The van der Waals surface area contributed by atoms with Gasteiger partial charge in [-0.2, -0.15) is 0 Å². The summed E-state index contributed by atoms with van der Waals surface area (Å²) < 4.78 is 0. The predicted octanol–water partition coefficient (Wildman–Crippen LogP) is 3.06. The van der Waals surface area contributed by atoms with E-state index in [1.807, 2.05) is 4.90 Å². The zero-order valence-corrected chi connectivity index (χ0v) is 11.1. The third-order valence-corrected chi connectivity index (χ3v) is 2.43. The highest BCUT2D eigenvalue weighted by molar-refractivity contribution is 9.09. The van der Waals surface area contributed by atoms with Crippen LogP contribution in [0.15, 0.2) is 0 Å². The van der Waals surface area contributed by atoms with E-state index in [1.165, 1.54) is 0 Å². The molecule has 0 bridgehead atoms. The predicted molar refractivity (Wildman–Crippen MR) is 64.7 cm³/mol. The average molecular weight is 264 g/mol. The quantitative estimate of drug-likeness (QED) is 0.647. The molecular weight excluding hydrogens is 242 g/mol. The Hall–Kier alpha value is -0.0500. The second-order valence-electron chi connectivity index (χ2n) is 4.02. The fraction of sp³-hybridized carbons (Fsp3) is 0.909. The fourth-order valence-electron chi connectivity index (χ4n) is 1.29. The minimum atomic E-state index is 0.299. The Kier molecular flexibility index (Phi) is 8.24. The van der Waals surface area contributed by atoms with E-state index in [-0.39, 0.29) is 0 Å². The Balaban J connectivity index is 3.97. The minimum Gasteiger partial charge on any atom is -0.342 e. The lowest BCUT2D eigenvalue weighted by atomic mass is 10.1.